The summed E-state index contributed by atoms with van der Waals surface area (Å²) in [5.41, 5.74) is 0.960. The van der Waals surface area contributed by atoms with Gasteiger partial charge in [0.2, 0.25) is 15.9 Å². The van der Waals surface area contributed by atoms with Gasteiger partial charge < -0.3 is 19.9 Å². The number of urea groups is 1. The molecule has 0 spiro atoms. The Balaban J connectivity index is 2.33. The van der Waals surface area contributed by atoms with Crippen molar-refractivity contribution in [2.75, 3.05) is 38.2 Å². The van der Waals surface area contributed by atoms with Gasteiger partial charge in [-0.25, -0.2) is 13.2 Å². The van der Waals surface area contributed by atoms with Crippen LogP contribution < -0.4 is 14.8 Å². The zero-order chi connectivity index (χ0) is 22.6. The smallest absolute Gasteiger partial charge is 0.317 e. The molecule has 0 saturated carbocycles. The Kier molecular flexibility index (Phi) is 7.57. The van der Waals surface area contributed by atoms with Crippen LogP contribution in [0.25, 0.3) is 0 Å². The number of fused-ring (bicyclic) bond motifs is 1. The number of likely N-dealkylation sites (N-methyl/N-ethyl adjacent to an activating group) is 2. The zero-order valence-electron chi connectivity index (χ0n) is 18.4. The second-order valence-electron chi connectivity index (χ2n) is 8.27. The van der Waals surface area contributed by atoms with Gasteiger partial charge in [0.25, 0.3) is 0 Å². The number of nitrogens with zero attached hydrogens (tertiary/aromatic N) is 2. The van der Waals surface area contributed by atoms with Crippen molar-refractivity contribution in [3.8, 4) is 5.75 Å². The second-order valence-corrected chi connectivity index (χ2v) is 10.0. The summed E-state index contributed by atoms with van der Waals surface area (Å²) in [5, 5.41) is 2.85. The first-order chi connectivity index (χ1) is 13.9. The minimum atomic E-state index is -3.44. The molecule has 1 aliphatic rings. The molecule has 10 heteroatoms. The summed E-state index contributed by atoms with van der Waals surface area (Å²) in [7, 11) is -0.00927. The average molecular weight is 441 g/mol. The minimum Gasteiger partial charge on any atom is -0.488 e. The third-order valence-electron chi connectivity index (χ3n) is 4.82. The Labute approximate surface area is 178 Å². The fourth-order valence-corrected chi connectivity index (χ4v) is 3.82. The first-order valence-corrected chi connectivity index (χ1v) is 11.8. The van der Waals surface area contributed by atoms with Gasteiger partial charge in [0.1, 0.15) is 11.9 Å². The SMILES string of the molecule is CC(C)NC(=O)N(C)C[C@H]1Oc2ccc(NS(C)(=O)=O)cc2CC(=O)N(C)C[C@@H]1C. The standard InChI is InChI=1S/C20H32N4O5S/c1-13(2)21-20(26)24(5)12-18-14(3)11-23(4)19(25)10-15-9-16(22-30(6,27)28)7-8-17(15)29-18/h7-9,13-14,18,22H,10-12H2,1-6H3,(H,21,26)/t14-,18+/m0/s1. The second kappa shape index (κ2) is 9.55. The average Bonchev–Trinajstić information content (AvgIpc) is 2.63. The molecule has 1 heterocycles. The van der Waals surface area contributed by atoms with Gasteiger partial charge in [0.05, 0.1) is 19.2 Å². The molecule has 0 aromatic heterocycles. The lowest BCUT2D eigenvalue weighted by Crippen LogP contribution is -2.48. The third-order valence-corrected chi connectivity index (χ3v) is 5.43. The zero-order valence-corrected chi connectivity index (χ0v) is 19.2. The maximum atomic E-state index is 12.6. The van der Waals surface area contributed by atoms with E-state index in [4.69, 9.17) is 4.74 Å². The molecular weight excluding hydrogens is 408 g/mol. The molecule has 30 heavy (non-hydrogen) atoms. The Hall–Kier alpha value is -2.49. The molecule has 0 unspecified atom stereocenters. The van der Waals surface area contributed by atoms with Crippen LogP contribution in [0.4, 0.5) is 10.5 Å². The molecule has 1 aliphatic heterocycles. The van der Waals surface area contributed by atoms with E-state index in [2.05, 4.69) is 10.0 Å². The van der Waals surface area contributed by atoms with Crippen LogP contribution in [-0.2, 0) is 21.2 Å². The molecule has 2 rings (SSSR count). The lowest BCUT2D eigenvalue weighted by atomic mass is 10.0. The van der Waals surface area contributed by atoms with Crippen molar-refractivity contribution < 1.29 is 22.7 Å². The fraction of sp³-hybridized carbons (Fsp3) is 0.600. The normalized spacial score (nSPS) is 19.8. The van der Waals surface area contributed by atoms with E-state index in [1.165, 1.54) is 0 Å². The van der Waals surface area contributed by atoms with Crippen LogP contribution in [0.2, 0.25) is 0 Å². The number of nitrogens with one attached hydrogen (secondary N) is 2. The van der Waals surface area contributed by atoms with E-state index in [9.17, 15) is 18.0 Å². The third kappa shape index (κ3) is 6.79. The molecule has 0 radical (unpaired) electrons. The Bertz CT molecular complexity index is 887. The number of anilines is 1. The van der Waals surface area contributed by atoms with E-state index in [1.54, 1.807) is 42.1 Å². The van der Waals surface area contributed by atoms with Gasteiger partial charge in [0.15, 0.2) is 0 Å². The highest BCUT2D eigenvalue weighted by molar-refractivity contribution is 7.92. The summed E-state index contributed by atoms with van der Waals surface area (Å²) in [6.07, 6.45) is 0.808. The van der Waals surface area contributed by atoms with Crippen LogP contribution in [-0.4, -0.2) is 75.7 Å². The number of benzene rings is 1. The monoisotopic (exact) mass is 440 g/mol. The number of sulfonamides is 1. The highest BCUT2D eigenvalue weighted by Crippen LogP contribution is 2.28. The van der Waals surface area contributed by atoms with Gasteiger partial charge in [-0.15, -0.1) is 0 Å². The fourth-order valence-electron chi connectivity index (χ4n) is 3.27. The molecule has 3 amide bonds. The van der Waals surface area contributed by atoms with Crippen molar-refractivity contribution >= 4 is 27.6 Å². The number of rotatable bonds is 5. The molecule has 168 valence electrons. The Morgan fingerprint density at radius 2 is 2.03 bits per heavy atom. The van der Waals surface area contributed by atoms with Crippen LogP contribution in [0.3, 0.4) is 0 Å². The molecule has 0 aliphatic carbocycles. The number of hydrogen-bond donors (Lipinski definition) is 2. The van der Waals surface area contributed by atoms with Gasteiger partial charge in [-0.05, 0) is 32.0 Å². The summed E-state index contributed by atoms with van der Waals surface area (Å²) in [5.74, 6) is 0.384. The predicted molar refractivity (Wildman–Crippen MR) is 116 cm³/mol. The molecule has 0 bridgehead atoms. The van der Waals surface area contributed by atoms with E-state index in [0.29, 0.717) is 30.1 Å². The van der Waals surface area contributed by atoms with Crippen molar-refractivity contribution in [1.29, 1.82) is 0 Å². The van der Waals surface area contributed by atoms with E-state index in [0.717, 1.165) is 6.26 Å². The van der Waals surface area contributed by atoms with Gasteiger partial charge in [-0.1, -0.05) is 6.92 Å². The summed E-state index contributed by atoms with van der Waals surface area (Å²) in [6.45, 7) is 6.58. The first kappa shape index (κ1) is 23.8. The van der Waals surface area contributed by atoms with Crippen LogP contribution >= 0.6 is 0 Å². The van der Waals surface area contributed by atoms with Crippen LogP contribution in [0.5, 0.6) is 5.75 Å². The lowest BCUT2D eigenvalue weighted by molar-refractivity contribution is -0.129. The maximum Gasteiger partial charge on any atom is 0.317 e. The summed E-state index contributed by atoms with van der Waals surface area (Å²) >= 11 is 0. The highest BCUT2D eigenvalue weighted by Gasteiger charge is 2.29. The molecule has 1 aromatic carbocycles. The summed E-state index contributed by atoms with van der Waals surface area (Å²) in [4.78, 5) is 28.2. The topological polar surface area (TPSA) is 108 Å². The van der Waals surface area contributed by atoms with E-state index in [1.807, 2.05) is 20.8 Å². The molecule has 0 saturated heterocycles. The minimum absolute atomic E-state index is 0.0177. The van der Waals surface area contributed by atoms with E-state index < -0.39 is 10.0 Å². The van der Waals surface area contributed by atoms with Gasteiger partial charge in [-0.2, -0.15) is 0 Å². The predicted octanol–water partition coefficient (Wildman–Crippen LogP) is 1.51. The van der Waals surface area contributed by atoms with Crippen LogP contribution in [0.15, 0.2) is 18.2 Å². The number of ether oxygens (including phenoxy) is 1. The van der Waals surface area contributed by atoms with E-state index >= 15 is 0 Å². The van der Waals surface area contributed by atoms with Crippen molar-refractivity contribution in [3.05, 3.63) is 23.8 Å². The summed E-state index contributed by atoms with van der Waals surface area (Å²) < 4.78 is 31.8. The quantitative estimate of drug-likeness (QED) is 0.722. The number of carbonyl (C=O) groups excluding carboxylic acids is 2. The van der Waals surface area contributed by atoms with Crippen LogP contribution in [0.1, 0.15) is 26.3 Å². The lowest BCUT2D eigenvalue weighted by Gasteiger charge is -2.31. The molecule has 2 atom stereocenters. The first-order valence-electron chi connectivity index (χ1n) is 9.88. The number of hydrogen-bond acceptors (Lipinski definition) is 5. The molecular formula is C20H32N4O5S. The van der Waals surface area contributed by atoms with Gasteiger partial charge in [0, 0.05) is 43.9 Å². The maximum absolute atomic E-state index is 12.6. The molecule has 1 aromatic rings. The van der Waals surface area contributed by atoms with Crippen molar-refractivity contribution in [2.45, 2.75) is 39.3 Å². The van der Waals surface area contributed by atoms with Gasteiger partial charge >= 0.3 is 6.03 Å². The van der Waals surface area contributed by atoms with Crippen molar-refractivity contribution in [1.82, 2.24) is 15.1 Å². The van der Waals surface area contributed by atoms with Crippen molar-refractivity contribution in [2.24, 2.45) is 5.92 Å². The number of carbonyl (C=O) groups is 2. The Morgan fingerprint density at radius 3 is 2.63 bits per heavy atom. The molecule has 2 N–H and O–H groups in total. The largest absolute Gasteiger partial charge is 0.488 e. The van der Waals surface area contributed by atoms with E-state index in [-0.39, 0.29) is 36.4 Å². The molecule has 9 nitrogen and oxygen atoms in total. The Morgan fingerprint density at radius 1 is 1.37 bits per heavy atom. The highest BCUT2D eigenvalue weighted by atomic mass is 32.2. The molecule has 0 fully saturated rings. The van der Waals surface area contributed by atoms with Crippen LogP contribution in [0, 0.1) is 5.92 Å². The summed E-state index contributed by atoms with van der Waals surface area (Å²) in [6, 6.07) is 4.70. The van der Waals surface area contributed by atoms with Gasteiger partial charge in [-0.3, -0.25) is 9.52 Å². The number of amides is 3. The van der Waals surface area contributed by atoms with Crippen molar-refractivity contribution in [3.63, 3.8) is 0 Å².